The molecule has 0 spiro atoms. The maximum absolute atomic E-state index is 5.55. The molecule has 2 nitrogen and oxygen atoms in total. The molecule has 0 aliphatic carbocycles. The highest BCUT2D eigenvalue weighted by Crippen LogP contribution is 2.29. The van der Waals surface area contributed by atoms with Crippen LogP contribution in [0.2, 0.25) is 0 Å². The zero-order valence-corrected chi connectivity index (χ0v) is 11.1. The molecular weight excluding hydrogens is 198 g/mol. The number of piperidine rings is 1. The quantitative estimate of drug-likeness (QED) is 0.716. The normalized spacial score (nSPS) is 37.9. The molecule has 2 heterocycles. The highest BCUT2D eigenvalue weighted by atomic mass is 16.5. The van der Waals surface area contributed by atoms with E-state index in [0.717, 1.165) is 37.0 Å². The lowest BCUT2D eigenvalue weighted by Gasteiger charge is -2.43. The molecule has 0 N–H and O–H groups in total. The van der Waals surface area contributed by atoms with Gasteiger partial charge in [0, 0.05) is 19.2 Å². The van der Waals surface area contributed by atoms with Crippen molar-refractivity contribution in [3.05, 3.63) is 0 Å². The van der Waals surface area contributed by atoms with Gasteiger partial charge in [0.1, 0.15) is 0 Å². The van der Waals surface area contributed by atoms with Crippen molar-refractivity contribution in [3.63, 3.8) is 0 Å². The molecule has 2 aliphatic rings. The minimum atomic E-state index is 0.722. The molecule has 3 atom stereocenters. The summed E-state index contributed by atoms with van der Waals surface area (Å²) in [6.45, 7) is 11.7. The highest BCUT2D eigenvalue weighted by Gasteiger charge is 2.31. The van der Waals surface area contributed by atoms with Gasteiger partial charge in [0.25, 0.3) is 0 Å². The van der Waals surface area contributed by atoms with Gasteiger partial charge in [-0.15, -0.1) is 0 Å². The number of likely N-dealkylation sites (tertiary alicyclic amines) is 1. The molecule has 0 aromatic carbocycles. The summed E-state index contributed by atoms with van der Waals surface area (Å²) in [6.07, 6.45) is 4.07. The first-order valence-electron chi connectivity index (χ1n) is 7.00. The largest absolute Gasteiger partial charge is 0.381 e. The van der Waals surface area contributed by atoms with Crippen molar-refractivity contribution in [2.24, 2.45) is 17.8 Å². The third-order valence-electron chi connectivity index (χ3n) is 4.50. The van der Waals surface area contributed by atoms with Crippen LogP contribution in [-0.4, -0.2) is 37.2 Å². The van der Waals surface area contributed by atoms with Gasteiger partial charge in [0.05, 0.1) is 6.61 Å². The van der Waals surface area contributed by atoms with E-state index in [1.54, 1.807) is 0 Å². The van der Waals surface area contributed by atoms with Crippen molar-refractivity contribution in [2.45, 2.75) is 46.1 Å². The molecule has 94 valence electrons. The second kappa shape index (κ2) is 5.50. The van der Waals surface area contributed by atoms with E-state index in [0.29, 0.717) is 0 Å². The number of nitrogens with zero attached hydrogens (tertiary/aromatic N) is 1. The Balaban J connectivity index is 1.92. The van der Waals surface area contributed by atoms with Gasteiger partial charge in [-0.3, -0.25) is 4.90 Å². The van der Waals surface area contributed by atoms with E-state index in [1.807, 2.05) is 0 Å². The Bertz CT molecular complexity index is 217. The summed E-state index contributed by atoms with van der Waals surface area (Å²) in [5, 5.41) is 0. The lowest BCUT2D eigenvalue weighted by Crippen LogP contribution is -2.49. The first kappa shape index (κ1) is 12.4. The van der Waals surface area contributed by atoms with Crippen molar-refractivity contribution in [1.29, 1.82) is 0 Å². The van der Waals surface area contributed by atoms with Gasteiger partial charge in [-0.2, -0.15) is 0 Å². The zero-order valence-electron chi connectivity index (χ0n) is 11.1. The number of hydrogen-bond acceptors (Lipinski definition) is 2. The van der Waals surface area contributed by atoms with Crippen LogP contribution in [0, 0.1) is 17.8 Å². The van der Waals surface area contributed by atoms with Gasteiger partial charge in [-0.05, 0) is 43.6 Å². The average molecular weight is 225 g/mol. The molecule has 2 heteroatoms. The molecule has 3 unspecified atom stereocenters. The summed E-state index contributed by atoms with van der Waals surface area (Å²) in [6, 6.07) is 0.787. The summed E-state index contributed by atoms with van der Waals surface area (Å²) in [4.78, 5) is 2.75. The van der Waals surface area contributed by atoms with Gasteiger partial charge in [0.15, 0.2) is 0 Å². The maximum atomic E-state index is 5.55. The third kappa shape index (κ3) is 2.78. The second-order valence-corrected chi connectivity index (χ2v) is 6.05. The molecule has 0 amide bonds. The van der Waals surface area contributed by atoms with E-state index in [9.17, 15) is 0 Å². The lowest BCUT2D eigenvalue weighted by atomic mass is 9.85. The van der Waals surface area contributed by atoms with Gasteiger partial charge in [-0.1, -0.05) is 20.8 Å². The average Bonchev–Trinajstić information content (AvgIpc) is 2.30. The van der Waals surface area contributed by atoms with E-state index in [4.69, 9.17) is 4.74 Å². The van der Waals surface area contributed by atoms with Crippen molar-refractivity contribution >= 4 is 0 Å². The monoisotopic (exact) mass is 225 g/mol. The molecule has 0 bridgehead atoms. The first-order valence-corrected chi connectivity index (χ1v) is 7.00. The van der Waals surface area contributed by atoms with Crippen LogP contribution in [0.15, 0.2) is 0 Å². The molecule has 0 saturated carbocycles. The number of hydrogen-bond donors (Lipinski definition) is 0. The number of rotatable bonds is 2. The first-order chi connectivity index (χ1) is 7.68. The minimum absolute atomic E-state index is 0.722. The fraction of sp³-hybridized carbons (Fsp3) is 1.00. The molecule has 2 fully saturated rings. The predicted molar refractivity (Wildman–Crippen MR) is 67.5 cm³/mol. The van der Waals surface area contributed by atoms with E-state index in [2.05, 4.69) is 25.7 Å². The van der Waals surface area contributed by atoms with E-state index in [1.165, 1.54) is 32.4 Å². The van der Waals surface area contributed by atoms with E-state index in [-0.39, 0.29) is 0 Å². The second-order valence-electron chi connectivity index (χ2n) is 6.05. The molecular formula is C14H27NO. The van der Waals surface area contributed by atoms with E-state index < -0.39 is 0 Å². The summed E-state index contributed by atoms with van der Waals surface area (Å²) in [5.41, 5.74) is 0. The summed E-state index contributed by atoms with van der Waals surface area (Å²) < 4.78 is 5.55. The SMILES string of the molecule is CC(C)C1CCCN(C2CCOCC2C)C1. The standard InChI is InChI=1S/C14H27NO/c1-11(2)13-5-4-7-15(9-13)14-6-8-16-10-12(14)3/h11-14H,4-10H2,1-3H3. The van der Waals surface area contributed by atoms with Crippen LogP contribution in [0.25, 0.3) is 0 Å². The van der Waals surface area contributed by atoms with Crippen LogP contribution in [0.1, 0.15) is 40.0 Å². The Morgan fingerprint density at radius 1 is 1.25 bits per heavy atom. The number of ether oxygens (including phenoxy) is 1. The van der Waals surface area contributed by atoms with Crippen molar-refractivity contribution in [3.8, 4) is 0 Å². The fourth-order valence-corrected chi connectivity index (χ4v) is 3.30. The van der Waals surface area contributed by atoms with Crippen molar-refractivity contribution < 1.29 is 4.74 Å². The highest BCUT2D eigenvalue weighted by molar-refractivity contribution is 4.84. The molecule has 2 aliphatic heterocycles. The van der Waals surface area contributed by atoms with Gasteiger partial charge in [0.2, 0.25) is 0 Å². The van der Waals surface area contributed by atoms with Crippen LogP contribution < -0.4 is 0 Å². The van der Waals surface area contributed by atoms with E-state index >= 15 is 0 Å². The third-order valence-corrected chi connectivity index (χ3v) is 4.50. The Morgan fingerprint density at radius 2 is 2.06 bits per heavy atom. The van der Waals surface area contributed by atoms with Crippen LogP contribution >= 0.6 is 0 Å². The predicted octanol–water partition coefficient (Wildman–Crippen LogP) is 2.78. The summed E-state index contributed by atoms with van der Waals surface area (Å²) >= 11 is 0. The topological polar surface area (TPSA) is 12.5 Å². The Labute approximate surface area is 100 Å². The Kier molecular flexibility index (Phi) is 4.26. The van der Waals surface area contributed by atoms with Crippen molar-refractivity contribution in [2.75, 3.05) is 26.3 Å². The minimum Gasteiger partial charge on any atom is -0.381 e. The zero-order chi connectivity index (χ0) is 11.5. The van der Waals surface area contributed by atoms with Crippen LogP contribution in [0.5, 0.6) is 0 Å². The molecule has 0 aromatic rings. The molecule has 2 saturated heterocycles. The lowest BCUT2D eigenvalue weighted by molar-refractivity contribution is -0.0226. The Morgan fingerprint density at radius 3 is 2.75 bits per heavy atom. The van der Waals surface area contributed by atoms with Crippen LogP contribution in [0.3, 0.4) is 0 Å². The van der Waals surface area contributed by atoms with Crippen LogP contribution in [-0.2, 0) is 4.74 Å². The molecule has 0 aromatic heterocycles. The van der Waals surface area contributed by atoms with Crippen LogP contribution in [0.4, 0.5) is 0 Å². The van der Waals surface area contributed by atoms with Crippen molar-refractivity contribution in [1.82, 2.24) is 4.90 Å². The Hall–Kier alpha value is -0.0800. The summed E-state index contributed by atoms with van der Waals surface area (Å²) in [5.74, 6) is 2.49. The fourth-order valence-electron chi connectivity index (χ4n) is 3.30. The molecule has 0 radical (unpaired) electrons. The smallest absolute Gasteiger partial charge is 0.0506 e. The molecule has 2 rings (SSSR count). The van der Waals surface area contributed by atoms with Gasteiger partial charge < -0.3 is 4.74 Å². The van der Waals surface area contributed by atoms with Gasteiger partial charge >= 0.3 is 0 Å². The molecule has 16 heavy (non-hydrogen) atoms. The summed E-state index contributed by atoms with van der Waals surface area (Å²) in [7, 11) is 0. The maximum Gasteiger partial charge on any atom is 0.0506 e. The van der Waals surface area contributed by atoms with Gasteiger partial charge in [-0.25, -0.2) is 0 Å².